The molecule has 0 saturated heterocycles. The topological polar surface area (TPSA) is 204 Å². The number of methoxy groups -OCH3 is 1. The zero-order valence-electron chi connectivity index (χ0n) is 38.9. The highest BCUT2D eigenvalue weighted by molar-refractivity contribution is 5.83. The third kappa shape index (κ3) is 34.9. The number of esters is 1. The average molecular weight is 965 g/mol. The highest BCUT2D eigenvalue weighted by Crippen LogP contribution is 2.27. The largest absolute Gasteiger partial charge is 0.444 e. The second kappa shape index (κ2) is 40.7. The van der Waals surface area contributed by atoms with Crippen molar-refractivity contribution in [3.05, 3.63) is 29.3 Å². The van der Waals surface area contributed by atoms with Crippen molar-refractivity contribution in [2.24, 2.45) is 0 Å². The van der Waals surface area contributed by atoms with Gasteiger partial charge in [0.1, 0.15) is 11.6 Å². The number of amides is 2. The van der Waals surface area contributed by atoms with E-state index in [0.717, 1.165) is 0 Å². The summed E-state index contributed by atoms with van der Waals surface area (Å²) in [4.78, 5) is 37.2. The van der Waals surface area contributed by atoms with Crippen LogP contribution in [0.4, 0.5) is 22.4 Å². The van der Waals surface area contributed by atoms with Crippen LogP contribution in [0.2, 0.25) is 0 Å². The summed E-state index contributed by atoms with van der Waals surface area (Å²) >= 11 is 0. The van der Waals surface area contributed by atoms with E-state index in [9.17, 15) is 31.9 Å². The van der Waals surface area contributed by atoms with Crippen molar-refractivity contribution >= 4 is 18.0 Å². The van der Waals surface area contributed by atoms with Crippen LogP contribution < -0.4 is 15.4 Å². The molecule has 1 atom stereocenters. The first-order valence-corrected chi connectivity index (χ1v) is 22.0. The molecule has 2 N–H and O–H groups in total. The lowest BCUT2D eigenvalue weighted by Gasteiger charge is -2.23. The molecule has 19 nitrogen and oxygen atoms in total. The Bertz CT molecular complexity index is 1370. The van der Waals surface area contributed by atoms with Gasteiger partial charge in [0.15, 0.2) is 11.6 Å². The Hall–Kier alpha value is -3.33. The van der Waals surface area contributed by atoms with Crippen molar-refractivity contribution in [1.29, 1.82) is 0 Å². The standard InChI is InChI=1S/C43H72F4N2O17/c1-43(2,3)66-42(52)49-36(41(51)65-40-38(46)34(44)33-35(45)39(40)47)7-5-6-9-48-37(50)8-10-54-13-14-56-17-18-58-21-22-60-25-26-62-29-30-64-32-31-63-28-27-61-24-23-59-20-19-57-16-15-55-12-11-53-4/h33,36H,5-32H2,1-4H3,(H,48,50)(H,49,52)/t36-/m0/s1. The summed E-state index contributed by atoms with van der Waals surface area (Å²) in [6, 6.07) is -1.53. The Kier molecular flexibility index (Phi) is 37.4. The second-order valence-corrected chi connectivity index (χ2v) is 14.7. The molecule has 0 fully saturated rings. The highest BCUT2D eigenvalue weighted by atomic mass is 19.2. The Morgan fingerprint density at radius 2 is 0.879 bits per heavy atom. The Labute approximate surface area is 385 Å². The molecule has 0 unspecified atom stereocenters. The summed E-state index contributed by atoms with van der Waals surface area (Å²) in [5, 5.41) is 4.93. The van der Waals surface area contributed by atoms with Gasteiger partial charge in [-0.25, -0.2) is 18.4 Å². The quantitative estimate of drug-likeness (QED) is 0.0316. The van der Waals surface area contributed by atoms with E-state index in [2.05, 4.69) is 15.4 Å². The Morgan fingerprint density at radius 1 is 0.530 bits per heavy atom. The van der Waals surface area contributed by atoms with E-state index >= 15 is 0 Å². The molecule has 0 heterocycles. The van der Waals surface area contributed by atoms with Gasteiger partial charge in [0.25, 0.3) is 0 Å². The number of halogens is 4. The minimum atomic E-state index is -1.91. The third-order valence-corrected chi connectivity index (χ3v) is 8.12. The van der Waals surface area contributed by atoms with E-state index in [4.69, 9.17) is 61.6 Å². The van der Waals surface area contributed by atoms with Crippen LogP contribution in [0.5, 0.6) is 5.75 Å². The van der Waals surface area contributed by atoms with Crippen LogP contribution >= 0.6 is 0 Å². The SMILES string of the molecule is COCCOCCOCCOCCOCCOCCOCCOCCOCCOCCOCCOCCC(=O)NCCCC[C@H](NC(=O)OC(C)(C)C)C(=O)Oc1c(F)c(F)cc(F)c1F. The number of ether oxygens (including phenoxy) is 14. The summed E-state index contributed by atoms with van der Waals surface area (Å²) in [7, 11) is 1.63. The molecule has 0 radical (unpaired) electrons. The van der Waals surface area contributed by atoms with Gasteiger partial charge in [0, 0.05) is 26.1 Å². The predicted molar refractivity (Wildman–Crippen MR) is 227 cm³/mol. The maximum Gasteiger partial charge on any atom is 0.408 e. The molecule has 0 bridgehead atoms. The molecule has 2 amide bonds. The third-order valence-electron chi connectivity index (χ3n) is 8.12. The number of alkyl carbamates (subject to hydrolysis) is 1. The van der Waals surface area contributed by atoms with Gasteiger partial charge in [-0.15, -0.1) is 0 Å². The fourth-order valence-corrected chi connectivity index (χ4v) is 4.91. The van der Waals surface area contributed by atoms with Gasteiger partial charge in [0.2, 0.25) is 23.3 Å². The fraction of sp³-hybridized carbons (Fsp3) is 0.791. The zero-order valence-corrected chi connectivity index (χ0v) is 38.9. The van der Waals surface area contributed by atoms with Gasteiger partial charge in [-0.3, -0.25) is 4.79 Å². The first-order chi connectivity index (χ1) is 31.9. The van der Waals surface area contributed by atoms with Crippen LogP contribution in [0, 0.1) is 23.3 Å². The lowest BCUT2D eigenvalue weighted by molar-refractivity contribution is -0.137. The molecule has 1 aromatic rings. The molecule has 1 aromatic carbocycles. The summed E-state index contributed by atoms with van der Waals surface area (Å²) in [5.74, 6) is -10.6. The van der Waals surface area contributed by atoms with Crippen LogP contribution in [0.15, 0.2) is 6.07 Å². The minimum Gasteiger partial charge on any atom is -0.444 e. The van der Waals surface area contributed by atoms with Gasteiger partial charge >= 0.3 is 12.1 Å². The summed E-state index contributed by atoms with van der Waals surface area (Å²) in [6.07, 6.45) is -0.525. The first-order valence-electron chi connectivity index (χ1n) is 22.0. The van der Waals surface area contributed by atoms with E-state index in [1.807, 2.05) is 0 Å². The van der Waals surface area contributed by atoms with Gasteiger partial charge < -0.3 is 76.9 Å². The van der Waals surface area contributed by atoms with Crippen LogP contribution in [0.1, 0.15) is 46.5 Å². The highest BCUT2D eigenvalue weighted by Gasteiger charge is 2.29. The molecule has 23 heteroatoms. The van der Waals surface area contributed by atoms with E-state index in [1.165, 1.54) is 0 Å². The van der Waals surface area contributed by atoms with Crippen LogP contribution in [0.25, 0.3) is 0 Å². The lowest BCUT2D eigenvalue weighted by atomic mass is 10.1. The van der Waals surface area contributed by atoms with E-state index in [-0.39, 0.29) is 51.0 Å². The number of hydrogen-bond donors (Lipinski definition) is 2. The fourth-order valence-electron chi connectivity index (χ4n) is 4.91. The van der Waals surface area contributed by atoms with Gasteiger partial charge in [-0.05, 0) is 40.0 Å². The summed E-state index contributed by atoms with van der Waals surface area (Å²) in [6.45, 7) is 15.0. The predicted octanol–water partition coefficient (Wildman–Crippen LogP) is 3.55. The summed E-state index contributed by atoms with van der Waals surface area (Å²) < 4.78 is 130. The molecule has 0 aliphatic rings. The monoisotopic (exact) mass is 964 g/mol. The smallest absolute Gasteiger partial charge is 0.408 e. The van der Waals surface area contributed by atoms with Crippen LogP contribution in [-0.2, 0) is 71.2 Å². The van der Waals surface area contributed by atoms with Crippen molar-refractivity contribution < 1.29 is 98.3 Å². The number of benzene rings is 1. The number of rotatable bonds is 44. The van der Waals surface area contributed by atoms with E-state index in [0.29, 0.717) is 145 Å². The number of carbonyl (C=O) groups excluding carboxylic acids is 3. The minimum absolute atomic E-state index is 0.0330. The molecule has 384 valence electrons. The number of unbranched alkanes of at least 4 members (excludes halogenated alkanes) is 1. The lowest BCUT2D eigenvalue weighted by Crippen LogP contribution is -2.45. The zero-order chi connectivity index (χ0) is 48.5. The molecular formula is C43H72F4N2O17. The molecule has 1 rings (SSSR count). The Balaban J connectivity index is 1.92. The van der Waals surface area contributed by atoms with Gasteiger partial charge in [-0.1, -0.05) is 0 Å². The maximum absolute atomic E-state index is 14.1. The molecular weight excluding hydrogens is 892 g/mol. The summed E-state index contributed by atoms with van der Waals surface area (Å²) in [5.41, 5.74) is -0.946. The van der Waals surface area contributed by atoms with Crippen molar-refractivity contribution in [3.8, 4) is 5.75 Å². The van der Waals surface area contributed by atoms with Crippen molar-refractivity contribution in [2.45, 2.75) is 58.1 Å². The molecule has 0 aliphatic heterocycles. The van der Waals surface area contributed by atoms with Crippen LogP contribution in [0.3, 0.4) is 0 Å². The molecule has 0 aromatic heterocycles. The second-order valence-electron chi connectivity index (χ2n) is 14.7. The van der Waals surface area contributed by atoms with Crippen LogP contribution in [-0.4, -0.2) is 195 Å². The average Bonchev–Trinajstić information content (AvgIpc) is 3.27. The number of carbonyl (C=O) groups is 3. The molecule has 66 heavy (non-hydrogen) atoms. The number of nitrogens with one attached hydrogen (secondary N) is 2. The van der Waals surface area contributed by atoms with Crippen molar-refractivity contribution in [2.75, 3.05) is 166 Å². The van der Waals surface area contributed by atoms with Crippen molar-refractivity contribution in [1.82, 2.24) is 10.6 Å². The van der Waals surface area contributed by atoms with Gasteiger partial charge in [-0.2, -0.15) is 8.78 Å². The number of hydrogen-bond acceptors (Lipinski definition) is 17. The van der Waals surface area contributed by atoms with Crippen molar-refractivity contribution in [3.63, 3.8) is 0 Å². The molecule has 0 aliphatic carbocycles. The van der Waals surface area contributed by atoms with E-state index < -0.39 is 52.7 Å². The molecule has 0 spiro atoms. The molecule has 0 saturated carbocycles. The normalized spacial score (nSPS) is 12.1. The Morgan fingerprint density at radius 3 is 1.23 bits per heavy atom. The first kappa shape index (κ1) is 60.7. The maximum atomic E-state index is 14.1. The van der Waals surface area contributed by atoms with Gasteiger partial charge in [0.05, 0.1) is 152 Å². The van der Waals surface area contributed by atoms with E-state index in [1.54, 1.807) is 27.9 Å².